The lowest BCUT2D eigenvalue weighted by Gasteiger charge is -2.12. The predicted molar refractivity (Wildman–Crippen MR) is 83.3 cm³/mol. The number of hydrogen-bond acceptors (Lipinski definition) is 2. The highest BCUT2D eigenvalue weighted by Gasteiger charge is 2.09. The zero-order valence-electron chi connectivity index (χ0n) is 8.98. The molecule has 0 aliphatic carbocycles. The molecule has 3 N–H and O–H groups in total. The maximum Gasteiger partial charge on any atom is 0.0838 e. The Labute approximate surface area is 128 Å². The third-order valence-electron chi connectivity index (χ3n) is 2.32. The molecular formula is C12H8BrCl3N2. The Kier molecular flexibility index (Phi) is 4.28. The second-order valence-corrected chi connectivity index (χ2v) is 5.63. The highest BCUT2D eigenvalue weighted by Crippen LogP contribution is 2.38. The van der Waals surface area contributed by atoms with Gasteiger partial charge in [0.05, 0.1) is 27.1 Å². The second kappa shape index (κ2) is 5.57. The van der Waals surface area contributed by atoms with Crippen molar-refractivity contribution in [3.63, 3.8) is 0 Å². The van der Waals surface area contributed by atoms with Crippen molar-refractivity contribution in [2.24, 2.45) is 0 Å². The first-order chi connectivity index (χ1) is 8.49. The Bertz CT molecular complexity index is 602. The molecule has 0 aliphatic heterocycles. The maximum atomic E-state index is 6.14. The number of nitrogens with one attached hydrogen (secondary N) is 1. The molecule has 94 valence electrons. The van der Waals surface area contributed by atoms with Crippen LogP contribution in [-0.4, -0.2) is 0 Å². The SMILES string of the molecule is Nc1ccc(Cl)cc1Nc1ccc(Br)c(Cl)c1Cl. The summed E-state index contributed by atoms with van der Waals surface area (Å²) in [5, 5.41) is 4.56. The van der Waals surface area contributed by atoms with E-state index in [1.54, 1.807) is 30.3 Å². The fraction of sp³-hybridized carbons (Fsp3) is 0. The highest BCUT2D eigenvalue weighted by atomic mass is 79.9. The molecule has 0 bridgehead atoms. The molecule has 0 aromatic heterocycles. The Morgan fingerprint density at radius 1 is 0.944 bits per heavy atom. The fourth-order valence-corrected chi connectivity index (χ4v) is 2.40. The quantitative estimate of drug-likeness (QED) is 0.526. The van der Waals surface area contributed by atoms with Crippen LogP contribution in [0.3, 0.4) is 0 Å². The van der Waals surface area contributed by atoms with Crippen LogP contribution in [-0.2, 0) is 0 Å². The molecule has 0 aliphatic rings. The first-order valence-electron chi connectivity index (χ1n) is 4.94. The van der Waals surface area contributed by atoms with Gasteiger partial charge in [-0.1, -0.05) is 34.8 Å². The van der Waals surface area contributed by atoms with Crippen LogP contribution in [0.2, 0.25) is 15.1 Å². The van der Waals surface area contributed by atoms with Crippen LogP contribution in [0.4, 0.5) is 17.1 Å². The number of nitrogen functional groups attached to an aromatic ring is 1. The normalized spacial score (nSPS) is 10.4. The van der Waals surface area contributed by atoms with Crippen molar-refractivity contribution < 1.29 is 0 Å². The van der Waals surface area contributed by atoms with E-state index in [-0.39, 0.29) is 0 Å². The van der Waals surface area contributed by atoms with Gasteiger partial charge >= 0.3 is 0 Å². The Morgan fingerprint density at radius 3 is 2.39 bits per heavy atom. The second-order valence-electron chi connectivity index (χ2n) is 3.58. The van der Waals surface area contributed by atoms with Gasteiger partial charge in [0.2, 0.25) is 0 Å². The molecule has 0 amide bonds. The highest BCUT2D eigenvalue weighted by molar-refractivity contribution is 9.10. The number of nitrogens with two attached hydrogens (primary N) is 1. The molecule has 0 spiro atoms. The lowest BCUT2D eigenvalue weighted by atomic mass is 10.2. The molecule has 2 rings (SSSR count). The van der Waals surface area contributed by atoms with E-state index < -0.39 is 0 Å². The van der Waals surface area contributed by atoms with Crippen molar-refractivity contribution in [3.05, 3.63) is 49.9 Å². The lowest BCUT2D eigenvalue weighted by Crippen LogP contribution is -1.97. The third kappa shape index (κ3) is 2.86. The molecule has 6 heteroatoms. The van der Waals surface area contributed by atoms with Crippen molar-refractivity contribution in [1.82, 2.24) is 0 Å². The van der Waals surface area contributed by atoms with E-state index in [4.69, 9.17) is 40.5 Å². The molecule has 18 heavy (non-hydrogen) atoms. The van der Waals surface area contributed by atoms with Crippen molar-refractivity contribution in [3.8, 4) is 0 Å². The number of anilines is 3. The van der Waals surface area contributed by atoms with Crippen molar-refractivity contribution in [1.29, 1.82) is 0 Å². The molecule has 2 aromatic carbocycles. The summed E-state index contributed by atoms with van der Waals surface area (Å²) in [6, 6.07) is 8.77. The Balaban J connectivity index is 2.40. The number of rotatable bonds is 2. The number of benzene rings is 2. The van der Waals surface area contributed by atoms with Gasteiger partial charge < -0.3 is 11.1 Å². The van der Waals surface area contributed by atoms with Crippen molar-refractivity contribution in [2.75, 3.05) is 11.1 Å². The van der Waals surface area contributed by atoms with Crippen LogP contribution < -0.4 is 11.1 Å². The maximum absolute atomic E-state index is 6.14. The summed E-state index contributed by atoms with van der Waals surface area (Å²) in [6.45, 7) is 0. The topological polar surface area (TPSA) is 38.0 Å². The van der Waals surface area contributed by atoms with E-state index in [0.717, 1.165) is 4.47 Å². The minimum Gasteiger partial charge on any atom is -0.397 e. The van der Waals surface area contributed by atoms with Crippen LogP contribution in [0, 0.1) is 0 Å². The van der Waals surface area contributed by atoms with Gasteiger partial charge in [0, 0.05) is 9.50 Å². The average molecular weight is 366 g/mol. The summed E-state index contributed by atoms with van der Waals surface area (Å²) in [6.07, 6.45) is 0. The largest absolute Gasteiger partial charge is 0.397 e. The molecule has 0 atom stereocenters. The summed E-state index contributed by atoms with van der Waals surface area (Å²) >= 11 is 21.4. The van der Waals surface area contributed by atoms with E-state index in [9.17, 15) is 0 Å². The van der Waals surface area contributed by atoms with Gasteiger partial charge in [-0.3, -0.25) is 0 Å². The summed E-state index contributed by atoms with van der Waals surface area (Å²) in [7, 11) is 0. The van der Waals surface area contributed by atoms with Gasteiger partial charge in [-0.05, 0) is 46.3 Å². The zero-order chi connectivity index (χ0) is 13.3. The van der Waals surface area contributed by atoms with Crippen LogP contribution in [0.25, 0.3) is 0 Å². The summed E-state index contributed by atoms with van der Waals surface area (Å²) in [4.78, 5) is 0. The van der Waals surface area contributed by atoms with Gasteiger partial charge in [0.25, 0.3) is 0 Å². The van der Waals surface area contributed by atoms with E-state index >= 15 is 0 Å². The molecule has 2 aromatic rings. The third-order valence-corrected chi connectivity index (χ3v) is 4.33. The standard InChI is InChI=1S/C12H8BrCl3N2/c13-7-2-4-9(12(16)11(7)15)18-10-5-6(14)1-3-8(10)17/h1-5,18H,17H2. The molecule has 0 heterocycles. The molecule has 0 fully saturated rings. The molecule has 0 radical (unpaired) electrons. The van der Waals surface area contributed by atoms with E-state index in [0.29, 0.717) is 32.1 Å². The van der Waals surface area contributed by atoms with Gasteiger partial charge in [-0.25, -0.2) is 0 Å². The number of halogens is 4. The van der Waals surface area contributed by atoms with Crippen LogP contribution >= 0.6 is 50.7 Å². The lowest BCUT2D eigenvalue weighted by molar-refractivity contribution is 1.53. The summed E-state index contributed by atoms with van der Waals surface area (Å²) < 4.78 is 0.735. The Hall–Kier alpha value is -0.610. The summed E-state index contributed by atoms with van der Waals surface area (Å²) in [5.74, 6) is 0. The average Bonchev–Trinajstić information content (AvgIpc) is 2.34. The monoisotopic (exact) mass is 364 g/mol. The predicted octanol–water partition coefficient (Wildman–Crippen LogP) is 5.74. The molecule has 2 nitrogen and oxygen atoms in total. The Morgan fingerprint density at radius 2 is 1.67 bits per heavy atom. The zero-order valence-corrected chi connectivity index (χ0v) is 12.8. The van der Waals surface area contributed by atoms with Crippen molar-refractivity contribution in [2.45, 2.75) is 0 Å². The van der Waals surface area contributed by atoms with Crippen LogP contribution in [0.5, 0.6) is 0 Å². The van der Waals surface area contributed by atoms with Crippen LogP contribution in [0.1, 0.15) is 0 Å². The molecule has 0 saturated carbocycles. The molecule has 0 saturated heterocycles. The minimum atomic E-state index is 0.422. The summed E-state index contributed by atoms with van der Waals surface area (Å²) in [5.41, 5.74) is 7.78. The molecule has 0 unspecified atom stereocenters. The van der Waals surface area contributed by atoms with E-state index in [2.05, 4.69) is 21.2 Å². The smallest absolute Gasteiger partial charge is 0.0838 e. The van der Waals surface area contributed by atoms with Crippen molar-refractivity contribution >= 4 is 67.8 Å². The van der Waals surface area contributed by atoms with Gasteiger partial charge in [-0.2, -0.15) is 0 Å². The first-order valence-corrected chi connectivity index (χ1v) is 6.87. The van der Waals surface area contributed by atoms with Gasteiger partial charge in [0.1, 0.15) is 0 Å². The molecular weight excluding hydrogens is 358 g/mol. The van der Waals surface area contributed by atoms with Gasteiger partial charge in [0.15, 0.2) is 0 Å². The fourth-order valence-electron chi connectivity index (χ4n) is 1.40. The first kappa shape index (κ1) is 13.8. The minimum absolute atomic E-state index is 0.422. The number of hydrogen-bond donors (Lipinski definition) is 2. The van der Waals surface area contributed by atoms with E-state index in [1.807, 2.05) is 0 Å². The van der Waals surface area contributed by atoms with Gasteiger partial charge in [-0.15, -0.1) is 0 Å². The van der Waals surface area contributed by atoms with E-state index in [1.165, 1.54) is 0 Å². The van der Waals surface area contributed by atoms with Crippen LogP contribution in [0.15, 0.2) is 34.8 Å².